The Labute approximate surface area is 463 Å². The van der Waals surface area contributed by atoms with E-state index in [1.807, 2.05) is 30.3 Å². The van der Waals surface area contributed by atoms with Gasteiger partial charge in [-0.1, -0.05) is 42.5 Å². The molecule has 6 saturated carbocycles. The van der Waals surface area contributed by atoms with E-state index in [9.17, 15) is 28.8 Å². The van der Waals surface area contributed by atoms with Gasteiger partial charge in [0.2, 0.25) is 0 Å². The molecule has 12 nitrogen and oxygen atoms in total. The highest BCUT2D eigenvalue weighted by molar-refractivity contribution is 6.29. The minimum absolute atomic E-state index is 0.346. The predicted octanol–water partition coefficient (Wildman–Crippen LogP) is 13.2. The summed E-state index contributed by atoms with van der Waals surface area (Å²) in [5.74, 6) is 9.16. The molecule has 6 aromatic carbocycles. The fourth-order valence-electron chi connectivity index (χ4n) is 16.7. The second-order valence-corrected chi connectivity index (χ2v) is 23.7. The van der Waals surface area contributed by atoms with Crippen molar-refractivity contribution >= 4 is 52.5 Å². The summed E-state index contributed by atoms with van der Waals surface area (Å²) in [5, 5.41) is 0. The molecule has 6 fully saturated rings. The van der Waals surface area contributed by atoms with Crippen molar-refractivity contribution in [3.63, 3.8) is 0 Å². The van der Waals surface area contributed by atoms with Gasteiger partial charge < -0.3 is 14.2 Å². The van der Waals surface area contributed by atoms with Gasteiger partial charge in [-0.05, 0) is 242 Å². The summed E-state index contributed by atoms with van der Waals surface area (Å²) in [7, 11) is 0. The fraction of sp³-hybridized carbons (Fsp3) is 0.294. The average Bonchev–Trinajstić information content (AvgIpc) is 4.43. The third kappa shape index (κ3) is 8.24. The van der Waals surface area contributed by atoms with Crippen molar-refractivity contribution in [3.05, 3.63) is 198 Å². The minimum atomic E-state index is -0.349. The van der Waals surface area contributed by atoms with Crippen LogP contribution in [0, 0.1) is 47.3 Å². The molecule has 0 aromatic heterocycles. The van der Waals surface area contributed by atoms with Crippen LogP contribution in [0.2, 0.25) is 0 Å². The molecule has 0 saturated heterocycles. The summed E-state index contributed by atoms with van der Waals surface area (Å²) in [6.07, 6.45) is 17.2. The van der Waals surface area contributed by atoms with E-state index >= 15 is 0 Å². The third-order valence-corrected chi connectivity index (χ3v) is 19.9. The van der Waals surface area contributed by atoms with Crippen LogP contribution in [0.3, 0.4) is 0 Å². The van der Waals surface area contributed by atoms with Crippen LogP contribution in [-0.4, -0.2) is 35.4 Å². The summed E-state index contributed by atoms with van der Waals surface area (Å²) < 4.78 is 19.8. The first-order valence-electron chi connectivity index (χ1n) is 28.4. The van der Waals surface area contributed by atoms with Crippen LogP contribution in [0.25, 0.3) is 0 Å². The highest BCUT2D eigenvalue weighted by Gasteiger charge is 2.58. The van der Waals surface area contributed by atoms with Crippen molar-refractivity contribution in [2.75, 3.05) is 14.7 Å². The molecule has 398 valence electrons. The van der Waals surface area contributed by atoms with E-state index in [-0.39, 0.29) is 35.4 Å². The summed E-state index contributed by atoms with van der Waals surface area (Å²) in [4.78, 5) is 77.6. The number of amides is 6. The molecule has 6 amide bonds. The van der Waals surface area contributed by atoms with E-state index in [4.69, 9.17) is 14.2 Å². The van der Waals surface area contributed by atoms with Gasteiger partial charge in [-0.15, -0.1) is 0 Å². The van der Waals surface area contributed by atoms with Crippen LogP contribution >= 0.6 is 0 Å². The molecule has 12 unspecified atom stereocenters. The summed E-state index contributed by atoms with van der Waals surface area (Å²) in [6.45, 7) is 0. The highest BCUT2D eigenvalue weighted by Crippen LogP contribution is 2.68. The maximum atomic E-state index is 12.6. The number of fused-ring (bicyclic) bond motifs is 10. The number of carbonyl (C=O) groups is 6. The van der Waals surface area contributed by atoms with E-state index in [2.05, 4.69) is 60.7 Å². The number of carbonyl (C=O) groups excluding carboxylic acids is 6. The number of hydrogen-bond donors (Lipinski definition) is 0. The lowest BCUT2D eigenvalue weighted by Gasteiger charge is -2.32. The lowest BCUT2D eigenvalue weighted by molar-refractivity contribution is -0.121. The normalized spacial score (nSPS) is 29.5. The zero-order chi connectivity index (χ0) is 53.9. The lowest BCUT2D eigenvalue weighted by atomic mass is 9.73. The maximum absolute atomic E-state index is 12.6. The first-order chi connectivity index (χ1) is 39.0. The number of anilines is 3. The molecule has 12 heteroatoms. The third-order valence-electron chi connectivity index (χ3n) is 19.9. The van der Waals surface area contributed by atoms with E-state index in [1.54, 1.807) is 48.5 Å². The summed E-state index contributed by atoms with van der Waals surface area (Å²) in [5.41, 5.74) is 6.76. The first-order valence-corrected chi connectivity index (χ1v) is 28.4. The van der Waals surface area contributed by atoms with Crippen molar-refractivity contribution in [2.24, 2.45) is 47.3 Å². The number of imide groups is 3. The molecular weight excluding hydrogens is 1000 g/mol. The van der Waals surface area contributed by atoms with Crippen LogP contribution in [0.4, 0.5) is 17.1 Å². The molecule has 15 rings (SSSR count). The van der Waals surface area contributed by atoms with Crippen molar-refractivity contribution in [1.29, 1.82) is 0 Å². The van der Waals surface area contributed by atoms with Gasteiger partial charge in [0, 0.05) is 36.5 Å². The molecule has 0 N–H and O–H groups in total. The fourth-order valence-corrected chi connectivity index (χ4v) is 16.7. The Bertz CT molecular complexity index is 3610. The number of ether oxygens (including phenoxy) is 3. The predicted molar refractivity (Wildman–Crippen MR) is 300 cm³/mol. The molecule has 80 heavy (non-hydrogen) atoms. The number of para-hydroxylation sites is 1. The van der Waals surface area contributed by atoms with E-state index in [1.165, 1.54) is 89.3 Å². The Hall–Kier alpha value is -8.64. The minimum Gasteiger partial charge on any atom is -0.457 e. The standard InChI is InChI=1S/C68H57N3O9/c72-63-23-24-64(73)69(63)44-8-16-48(17-9-44)78-47-14-5-38(6-15-47)53-31-42-35-57(53)59-34-41(30-56(42)59)52-22-7-39(37-62(52)80-50-20-12-46(13-21-50)71-67(76)27-28-68(71)77)54-32-43-36-58(54)60-33-40(29-55(43)60)51-3-1-2-4-61(51)79-49-18-10-45(11-19-49)70-65(74)25-26-66(70)75/h1-28,37,40-43,53-60H,29-36H2. The van der Waals surface area contributed by atoms with E-state index < -0.39 is 0 Å². The number of nitrogens with zero attached hydrogens (tertiary/aromatic N) is 3. The van der Waals surface area contributed by atoms with Gasteiger partial charge in [0.25, 0.3) is 35.4 Å². The first kappa shape index (κ1) is 48.5. The molecule has 0 radical (unpaired) electrons. The Morgan fingerprint density at radius 3 is 1.14 bits per heavy atom. The van der Waals surface area contributed by atoms with Gasteiger partial charge in [-0.25, -0.2) is 14.7 Å². The van der Waals surface area contributed by atoms with Gasteiger partial charge in [0.1, 0.15) is 34.5 Å². The SMILES string of the molecule is O=C1C=CC(=O)N1c1ccc(Oc2ccc(C3CC4CC3C3CC(c5ccc(C6CC7CC6C6CC(c8ccccc8Oc8ccc(N9C(=O)C=CC9=O)cc8)CC76)cc5Oc5ccc(N6C(=O)C=CC6=O)cc5)CC43)cc2)cc1. The van der Waals surface area contributed by atoms with E-state index in [0.717, 1.165) is 52.7 Å². The van der Waals surface area contributed by atoms with Crippen LogP contribution in [0.15, 0.2) is 176 Å². The Kier molecular flexibility index (Phi) is 11.5. The van der Waals surface area contributed by atoms with Crippen molar-refractivity contribution in [1.82, 2.24) is 0 Å². The monoisotopic (exact) mass is 1060 g/mol. The van der Waals surface area contributed by atoms with Crippen LogP contribution in [0.1, 0.15) is 97.3 Å². The Morgan fingerprint density at radius 2 is 0.675 bits per heavy atom. The maximum Gasteiger partial charge on any atom is 0.258 e. The zero-order valence-electron chi connectivity index (χ0n) is 43.8. The smallest absolute Gasteiger partial charge is 0.258 e. The number of benzene rings is 6. The van der Waals surface area contributed by atoms with Crippen LogP contribution in [-0.2, 0) is 28.8 Å². The van der Waals surface area contributed by atoms with E-state index in [0.29, 0.717) is 105 Å². The van der Waals surface area contributed by atoms with Crippen molar-refractivity contribution in [2.45, 2.75) is 75.0 Å². The molecule has 3 aliphatic heterocycles. The van der Waals surface area contributed by atoms with Gasteiger partial charge in [-0.2, -0.15) is 0 Å². The molecule has 4 bridgehead atoms. The molecule has 6 aromatic rings. The second kappa shape index (κ2) is 19.0. The largest absolute Gasteiger partial charge is 0.457 e. The molecule has 9 aliphatic rings. The average molecular weight is 1060 g/mol. The van der Waals surface area contributed by atoms with Crippen molar-refractivity contribution in [3.8, 4) is 34.5 Å². The van der Waals surface area contributed by atoms with Gasteiger partial charge in [-0.3, -0.25) is 28.8 Å². The van der Waals surface area contributed by atoms with Gasteiger partial charge >= 0.3 is 0 Å². The summed E-state index contributed by atoms with van der Waals surface area (Å²) >= 11 is 0. The van der Waals surface area contributed by atoms with Crippen LogP contribution < -0.4 is 28.9 Å². The number of hydrogen-bond acceptors (Lipinski definition) is 9. The second-order valence-electron chi connectivity index (χ2n) is 23.7. The van der Waals surface area contributed by atoms with Crippen molar-refractivity contribution < 1.29 is 43.0 Å². The Morgan fingerprint density at radius 1 is 0.312 bits per heavy atom. The quantitative estimate of drug-likeness (QED) is 0.103. The molecule has 6 aliphatic carbocycles. The lowest BCUT2D eigenvalue weighted by Crippen LogP contribution is -2.29. The topological polar surface area (TPSA) is 140 Å². The highest BCUT2D eigenvalue weighted by atomic mass is 16.5. The summed E-state index contributed by atoms with van der Waals surface area (Å²) in [6, 6.07) is 45.7. The van der Waals surface area contributed by atoms with Gasteiger partial charge in [0.05, 0.1) is 17.1 Å². The molecule has 0 spiro atoms. The zero-order valence-corrected chi connectivity index (χ0v) is 43.8. The molecule has 12 atom stereocenters. The Balaban J connectivity index is 0.651. The number of rotatable bonds is 13. The van der Waals surface area contributed by atoms with Gasteiger partial charge in [0.15, 0.2) is 0 Å². The molecule has 3 heterocycles. The van der Waals surface area contributed by atoms with Crippen LogP contribution in [0.5, 0.6) is 34.5 Å². The molecular formula is C68H57N3O9.